The molecule has 96 valence electrons. The van der Waals surface area contributed by atoms with Crippen LogP contribution in [0.1, 0.15) is 5.56 Å². The Balaban J connectivity index is 2.24. The Labute approximate surface area is 122 Å². The number of hydrogen-bond acceptors (Lipinski definition) is 0. The monoisotopic (exact) mass is 272 g/mol. The average Bonchev–Trinajstić information content (AvgIpc) is 2.41. The van der Waals surface area contributed by atoms with Gasteiger partial charge in [0.05, 0.1) is 0 Å². The lowest BCUT2D eigenvalue weighted by atomic mass is 10.1. The van der Waals surface area contributed by atoms with E-state index < -0.39 is 8.07 Å². The smallest absolute Gasteiger partial charge is 0.118 e. The molecule has 20 heavy (non-hydrogen) atoms. The Morgan fingerprint density at radius 1 is 0.750 bits per heavy atom. The maximum Gasteiger partial charge on any atom is 0.130 e. The Hall–Kier alpha value is -2.40. The highest BCUT2D eigenvalue weighted by Crippen LogP contribution is 2.17. The van der Waals surface area contributed by atoms with Crippen molar-refractivity contribution in [2.75, 3.05) is 0 Å². The number of benzene rings is 2. The van der Waals surface area contributed by atoms with Crippen LogP contribution in [0.3, 0.4) is 0 Å². The Morgan fingerprint density at radius 2 is 1.45 bits per heavy atom. The SMILES string of the molecule is C[Si](C)(C)C#CC#CC#Cc1cccc2ccccc12. The zero-order chi connectivity index (χ0) is 14.4. The fourth-order valence-corrected chi connectivity index (χ4v) is 2.15. The fraction of sp³-hybridized carbons (Fsp3) is 0.158. The third kappa shape index (κ3) is 4.06. The van der Waals surface area contributed by atoms with E-state index in [0.29, 0.717) is 0 Å². The van der Waals surface area contributed by atoms with Gasteiger partial charge in [0, 0.05) is 5.56 Å². The molecule has 0 amide bonds. The molecule has 0 atom stereocenters. The van der Waals surface area contributed by atoms with Gasteiger partial charge in [0.2, 0.25) is 0 Å². The summed E-state index contributed by atoms with van der Waals surface area (Å²) >= 11 is 0. The van der Waals surface area contributed by atoms with E-state index in [0.717, 1.165) is 10.9 Å². The molecule has 0 heterocycles. The topological polar surface area (TPSA) is 0 Å². The first-order valence-electron chi connectivity index (χ1n) is 6.57. The van der Waals surface area contributed by atoms with Crippen molar-refractivity contribution in [2.24, 2.45) is 0 Å². The summed E-state index contributed by atoms with van der Waals surface area (Å²) in [6.45, 7) is 6.59. The van der Waals surface area contributed by atoms with Gasteiger partial charge in [-0.25, -0.2) is 0 Å². The van der Waals surface area contributed by atoms with Crippen molar-refractivity contribution < 1.29 is 0 Å². The van der Waals surface area contributed by atoms with Gasteiger partial charge in [-0.3, -0.25) is 0 Å². The summed E-state index contributed by atoms with van der Waals surface area (Å²) < 4.78 is 0. The van der Waals surface area contributed by atoms with Crippen LogP contribution in [0.2, 0.25) is 19.6 Å². The van der Waals surface area contributed by atoms with Gasteiger partial charge in [-0.2, -0.15) is 0 Å². The summed E-state index contributed by atoms with van der Waals surface area (Å²) in [5.74, 6) is 14.5. The standard InChI is InChI=1S/C19H16Si/c1-20(2,3)16-9-5-4-6-11-17-13-10-14-18-12-7-8-15-19(17)18/h7-8,10,12-15H,1-3H3. The lowest BCUT2D eigenvalue weighted by Gasteiger charge is -2.01. The van der Waals surface area contributed by atoms with E-state index in [-0.39, 0.29) is 0 Å². The number of fused-ring (bicyclic) bond motifs is 1. The molecule has 0 aromatic heterocycles. The highest BCUT2D eigenvalue weighted by molar-refractivity contribution is 6.83. The maximum absolute atomic E-state index is 3.20. The summed E-state index contributed by atoms with van der Waals surface area (Å²) in [6, 6.07) is 14.4. The van der Waals surface area contributed by atoms with Crippen molar-refractivity contribution in [3.8, 4) is 35.1 Å². The van der Waals surface area contributed by atoms with Crippen molar-refractivity contribution in [1.29, 1.82) is 0 Å². The van der Waals surface area contributed by atoms with Crippen molar-refractivity contribution in [3.63, 3.8) is 0 Å². The second-order valence-electron chi connectivity index (χ2n) is 5.53. The van der Waals surface area contributed by atoms with Crippen LogP contribution in [0.5, 0.6) is 0 Å². The summed E-state index contributed by atoms with van der Waals surface area (Å²) in [4.78, 5) is 0. The third-order valence-electron chi connectivity index (χ3n) is 2.61. The quantitative estimate of drug-likeness (QED) is 0.501. The lowest BCUT2D eigenvalue weighted by Crippen LogP contribution is -2.16. The first kappa shape index (κ1) is 14.0. The third-order valence-corrected chi connectivity index (χ3v) is 3.49. The molecule has 0 saturated heterocycles. The van der Waals surface area contributed by atoms with Crippen LogP contribution in [0.25, 0.3) is 10.8 Å². The van der Waals surface area contributed by atoms with E-state index in [1.807, 2.05) is 24.3 Å². The molecule has 0 spiro atoms. The Morgan fingerprint density at radius 3 is 2.25 bits per heavy atom. The highest BCUT2D eigenvalue weighted by atomic mass is 28.3. The van der Waals surface area contributed by atoms with Crippen LogP contribution < -0.4 is 0 Å². The second kappa shape index (κ2) is 6.16. The van der Waals surface area contributed by atoms with E-state index in [2.05, 4.69) is 73.0 Å². The van der Waals surface area contributed by atoms with Crippen molar-refractivity contribution in [3.05, 3.63) is 48.0 Å². The minimum absolute atomic E-state index is 1.01. The second-order valence-corrected chi connectivity index (χ2v) is 10.3. The molecule has 0 bridgehead atoms. The molecule has 1 heteroatoms. The van der Waals surface area contributed by atoms with Crippen LogP contribution in [-0.4, -0.2) is 8.07 Å². The molecule has 0 radical (unpaired) electrons. The molecular formula is C19H16Si. The first-order valence-corrected chi connectivity index (χ1v) is 10.1. The normalized spacial score (nSPS) is 9.55. The Kier molecular flexibility index (Phi) is 4.32. The van der Waals surface area contributed by atoms with Gasteiger partial charge in [-0.15, -0.1) is 5.54 Å². The van der Waals surface area contributed by atoms with Crippen LogP contribution >= 0.6 is 0 Å². The summed E-state index contributed by atoms with van der Waals surface area (Å²) in [7, 11) is -1.33. The van der Waals surface area contributed by atoms with Crippen molar-refractivity contribution in [2.45, 2.75) is 19.6 Å². The van der Waals surface area contributed by atoms with Crippen LogP contribution in [0, 0.1) is 35.1 Å². The molecule has 0 unspecified atom stereocenters. The molecule has 0 aliphatic heterocycles. The summed E-state index contributed by atoms with van der Waals surface area (Å²) in [6.07, 6.45) is 0. The number of rotatable bonds is 0. The summed E-state index contributed by atoms with van der Waals surface area (Å²) in [5.41, 5.74) is 4.21. The molecule has 0 nitrogen and oxygen atoms in total. The molecular weight excluding hydrogens is 256 g/mol. The van der Waals surface area contributed by atoms with Gasteiger partial charge in [-0.05, 0) is 40.5 Å². The van der Waals surface area contributed by atoms with Gasteiger partial charge in [0.25, 0.3) is 0 Å². The molecule has 2 aromatic rings. The predicted molar refractivity (Wildman–Crippen MR) is 89.7 cm³/mol. The lowest BCUT2D eigenvalue weighted by molar-refractivity contribution is 1.70. The first-order chi connectivity index (χ1) is 9.56. The van der Waals surface area contributed by atoms with E-state index in [1.165, 1.54) is 5.39 Å². The van der Waals surface area contributed by atoms with Gasteiger partial charge in [-0.1, -0.05) is 62.0 Å². The minimum atomic E-state index is -1.33. The van der Waals surface area contributed by atoms with Gasteiger partial charge in [0.1, 0.15) is 8.07 Å². The largest absolute Gasteiger partial charge is 0.130 e. The molecule has 2 rings (SSSR count). The highest BCUT2D eigenvalue weighted by Gasteiger charge is 2.06. The Bertz CT molecular complexity index is 798. The molecule has 0 aliphatic carbocycles. The van der Waals surface area contributed by atoms with E-state index in [1.54, 1.807) is 0 Å². The van der Waals surface area contributed by atoms with Crippen LogP contribution in [-0.2, 0) is 0 Å². The summed E-state index contributed by atoms with van der Waals surface area (Å²) in [5, 5.41) is 2.36. The van der Waals surface area contributed by atoms with E-state index >= 15 is 0 Å². The average molecular weight is 272 g/mol. The van der Waals surface area contributed by atoms with Crippen molar-refractivity contribution in [1.82, 2.24) is 0 Å². The van der Waals surface area contributed by atoms with E-state index in [9.17, 15) is 0 Å². The molecule has 0 aliphatic rings. The van der Waals surface area contributed by atoms with Crippen molar-refractivity contribution >= 4 is 18.8 Å². The van der Waals surface area contributed by atoms with Crippen LogP contribution in [0.15, 0.2) is 42.5 Å². The predicted octanol–water partition coefficient (Wildman–Crippen LogP) is 4.08. The van der Waals surface area contributed by atoms with E-state index in [4.69, 9.17) is 0 Å². The number of hydrogen-bond donors (Lipinski definition) is 0. The zero-order valence-corrected chi connectivity index (χ0v) is 13.0. The van der Waals surface area contributed by atoms with Gasteiger partial charge in [0.15, 0.2) is 0 Å². The fourth-order valence-electron chi connectivity index (χ4n) is 1.71. The zero-order valence-electron chi connectivity index (χ0n) is 12.0. The van der Waals surface area contributed by atoms with Gasteiger partial charge >= 0.3 is 0 Å². The minimum Gasteiger partial charge on any atom is -0.118 e. The molecule has 0 saturated carbocycles. The maximum atomic E-state index is 3.20. The molecule has 0 N–H and O–H groups in total. The molecule has 2 aromatic carbocycles. The molecule has 0 fully saturated rings. The van der Waals surface area contributed by atoms with Gasteiger partial charge < -0.3 is 0 Å². The van der Waals surface area contributed by atoms with Crippen LogP contribution in [0.4, 0.5) is 0 Å².